The number of halogens is 2. The highest BCUT2D eigenvalue weighted by Crippen LogP contribution is 2.29. The molecule has 0 atom stereocenters. The Morgan fingerprint density at radius 2 is 1.94 bits per heavy atom. The lowest BCUT2D eigenvalue weighted by molar-refractivity contribution is 0.103. The Morgan fingerprint density at radius 1 is 1.35 bits per heavy atom. The van der Waals surface area contributed by atoms with Gasteiger partial charge in [-0.2, -0.15) is 0 Å². The molecule has 0 aliphatic rings. The minimum absolute atomic E-state index is 0.246. The molecule has 0 aliphatic heterocycles. The lowest BCUT2D eigenvalue weighted by Gasteiger charge is -2.05. The number of nitrogen functional groups attached to an aromatic ring is 1. The molecule has 2 aromatic rings. The topological polar surface area (TPSA) is 73.8 Å². The Kier molecular flexibility index (Phi) is 3.04. The van der Waals surface area contributed by atoms with Gasteiger partial charge in [-0.25, -0.2) is 4.68 Å². The van der Waals surface area contributed by atoms with Crippen LogP contribution in [0.1, 0.15) is 16.1 Å². The van der Waals surface area contributed by atoms with Crippen LogP contribution in [0.15, 0.2) is 18.3 Å². The number of ketones is 1. The Bertz CT molecular complexity index is 571. The molecule has 0 saturated carbocycles. The Morgan fingerprint density at radius 3 is 2.41 bits per heavy atom. The zero-order valence-electron chi connectivity index (χ0n) is 8.82. The summed E-state index contributed by atoms with van der Waals surface area (Å²) >= 11 is 11.7. The molecule has 0 radical (unpaired) electrons. The summed E-state index contributed by atoms with van der Waals surface area (Å²) in [6.45, 7) is 0. The highest BCUT2D eigenvalue weighted by molar-refractivity contribution is 6.39. The molecule has 17 heavy (non-hydrogen) atoms. The number of aryl methyl sites for hydroxylation is 1. The first kappa shape index (κ1) is 11.9. The lowest BCUT2D eigenvalue weighted by atomic mass is 10.1. The number of rotatable bonds is 2. The van der Waals surface area contributed by atoms with Gasteiger partial charge in [-0.15, -0.1) is 5.10 Å². The highest BCUT2D eigenvalue weighted by Gasteiger charge is 2.16. The Labute approximate surface area is 107 Å². The van der Waals surface area contributed by atoms with E-state index in [9.17, 15) is 4.79 Å². The van der Waals surface area contributed by atoms with Crippen LogP contribution in [-0.2, 0) is 7.05 Å². The average molecular weight is 271 g/mol. The normalized spacial score (nSPS) is 10.5. The zero-order chi connectivity index (χ0) is 12.6. The van der Waals surface area contributed by atoms with Gasteiger partial charge in [0.05, 0.1) is 21.9 Å². The molecular weight excluding hydrogens is 263 g/mol. The van der Waals surface area contributed by atoms with E-state index in [1.54, 1.807) is 7.05 Å². The maximum atomic E-state index is 12.1. The fourth-order valence-corrected chi connectivity index (χ4v) is 1.85. The summed E-state index contributed by atoms with van der Waals surface area (Å²) in [5.74, 6) is -0.263. The first-order chi connectivity index (χ1) is 8.00. The second-order valence-corrected chi connectivity index (χ2v) is 4.24. The summed E-state index contributed by atoms with van der Waals surface area (Å²) in [5, 5.41) is 7.81. The van der Waals surface area contributed by atoms with Gasteiger partial charge in [0.15, 0.2) is 0 Å². The number of hydrogen-bond donors (Lipinski definition) is 1. The van der Waals surface area contributed by atoms with Crippen molar-refractivity contribution in [2.45, 2.75) is 0 Å². The van der Waals surface area contributed by atoms with Crippen LogP contribution in [0.3, 0.4) is 0 Å². The van der Waals surface area contributed by atoms with Gasteiger partial charge in [0, 0.05) is 12.6 Å². The van der Waals surface area contributed by atoms with E-state index in [0.717, 1.165) is 0 Å². The summed E-state index contributed by atoms with van der Waals surface area (Å²) in [6, 6.07) is 2.94. The first-order valence-corrected chi connectivity index (χ1v) is 5.40. The predicted octanol–water partition coefficient (Wildman–Crippen LogP) is 1.94. The van der Waals surface area contributed by atoms with Crippen LogP contribution in [-0.4, -0.2) is 20.8 Å². The number of nitrogens with two attached hydrogens (primary N) is 1. The van der Waals surface area contributed by atoms with Crippen LogP contribution in [0.2, 0.25) is 10.0 Å². The van der Waals surface area contributed by atoms with E-state index < -0.39 is 0 Å². The number of anilines is 1. The number of hydrogen-bond acceptors (Lipinski definition) is 4. The van der Waals surface area contributed by atoms with Crippen molar-refractivity contribution in [3.63, 3.8) is 0 Å². The largest absolute Gasteiger partial charge is 0.396 e. The van der Waals surface area contributed by atoms with Crippen molar-refractivity contribution in [3.05, 3.63) is 39.6 Å². The third-order valence-electron chi connectivity index (χ3n) is 2.29. The average Bonchev–Trinajstić information content (AvgIpc) is 2.70. The summed E-state index contributed by atoms with van der Waals surface area (Å²) < 4.78 is 1.38. The summed E-state index contributed by atoms with van der Waals surface area (Å²) in [5.41, 5.74) is 6.55. The van der Waals surface area contributed by atoms with Gasteiger partial charge in [0.2, 0.25) is 5.78 Å². The molecule has 2 rings (SSSR count). The SMILES string of the molecule is Cn1nncc1C(=O)c1cc(Cl)c(N)c(Cl)c1. The Balaban J connectivity index is 2.49. The van der Waals surface area contributed by atoms with Gasteiger partial charge in [-0.1, -0.05) is 28.4 Å². The minimum Gasteiger partial charge on any atom is -0.396 e. The van der Waals surface area contributed by atoms with E-state index in [4.69, 9.17) is 28.9 Å². The van der Waals surface area contributed by atoms with Gasteiger partial charge < -0.3 is 5.73 Å². The van der Waals surface area contributed by atoms with Crippen LogP contribution in [0.5, 0.6) is 0 Å². The molecule has 0 saturated heterocycles. The van der Waals surface area contributed by atoms with E-state index in [-0.39, 0.29) is 21.5 Å². The molecule has 0 aliphatic carbocycles. The molecule has 7 heteroatoms. The molecule has 5 nitrogen and oxygen atoms in total. The van der Waals surface area contributed by atoms with Crippen LogP contribution in [0.4, 0.5) is 5.69 Å². The number of nitrogens with zero attached hydrogens (tertiary/aromatic N) is 3. The molecule has 1 aromatic carbocycles. The summed E-state index contributed by atoms with van der Waals surface area (Å²) in [4.78, 5) is 12.1. The highest BCUT2D eigenvalue weighted by atomic mass is 35.5. The molecule has 0 fully saturated rings. The number of aromatic nitrogens is 3. The van der Waals surface area contributed by atoms with Crippen LogP contribution < -0.4 is 5.73 Å². The van der Waals surface area contributed by atoms with E-state index in [1.165, 1.54) is 23.0 Å². The van der Waals surface area contributed by atoms with E-state index in [0.29, 0.717) is 11.3 Å². The van der Waals surface area contributed by atoms with Crippen LogP contribution >= 0.6 is 23.2 Å². The fraction of sp³-hybridized carbons (Fsp3) is 0.100. The van der Waals surface area contributed by atoms with Crippen molar-refractivity contribution < 1.29 is 4.79 Å². The zero-order valence-corrected chi connectivity index (χ0v) is 10.3. The minimum atomic E-state index is -0.263. The molecule has 2 N–H and O–H groups in total. The van der Waals surface area contributed by atoms with E-state index >= 15 is 0 Å². The molecule has 0 unspecified atom stereocenters. The van der Waals surface area contributed by atoms with E-state index in [1.807, 2.05) is 0 Å². The molecule has 1 aromatic heterocycles. The molecular formula is C10H8Cl2N4O. The molecule has 0 bridgehead atoms. The first-order valence-electron chi connectivity index (χ1n) is 4.64. The second-order valence-electron chi connectivity index (χ2n) is 3.43. The molecule has 0 spiro atoms. The quantitative estimate of drug-likeness (QED) is 0.669. The van der Waals surface area contributed by atoms with Gasteiger partial charge in [-0.3, -0.25) is 4.79 Å². The van der Waals surface area contributed by atoms with Crippen molar-refractivity contribution in [3.8, 4) is 0 Å². The van der Waals surface area contributed by atoms with Crippen molar-refractivity contribution >= 4 is 34.7 Å². The van der Waals surface area contributed by atoms with Gasteiger partial charge in [-0.05, 0) is 12.1 Å². The molecule has 0 amide bonds. The summed E-state index contributed by atoms with van der Waals surface area (Å²) in [6.07, 6.45) is 1.38. The second kappa shape index (κ2) is 4.35. The molecule has 1 heterocycles. The predicted molar refractivity (Wildman–Crippen MR) is 65.3 cm³/mol. The van der Waals surface area contributed by atoms with Crippen LogP contribution in [0, 0.1) is 0 Å². The number of benzene rings is 1. The lowest BCUT2D eigenvalue weighted by Crippen LogP contribution is -2.08. The monoisotopic (exact) mass is 270 g/mol. The maximum Gasteiger partial charge on any atom is 0.212 e. The number of carbonyl (C=O) groups is 1. The van der Waals surface area contributed by atoms with Crippen molar-refractivity contribution in [1.82, 2.24) is 15.0 Å². The van der Waals surface area contributed by atoms with Crippen molar-refractivity contribution in [2.24, 2.45) is 7.05 Å². The third-order valence-corrected chi connectivity index (χ3v) is 2.91. The summed E-state index contributed by atoms with van der Waals surface area (Å²) in [7, 11) is 1.63. The maximum absolute atomic E-state index is 12.1. The van der Waals surface area contributed by atoms with Crippen molar-refractivity contribution in [1.29, 1.82) is 0 Å². The van der Waals surface area contributed by atoms with Crippen molar-refractivity contribution in [2.75, 3.05) is 5.73 Å². The smallest absolute Gasteiger partial charge is 0.212 e. The van der Waals surface area contributed by atoms with Gasteiger partial charge in [0.25, 0.3) is 0 Å². The number of carbonyl (C=O) groups excluding carboxylic acids is 1. The standard InChI is InChI=1S/C10H8Cl2N4O/c1-16-8(4-14-15-16)10(17)5-2-6(11)9(13)7(12)3-5/h2-4H,13H2,1H3. The van der Waals surface area contributed by atoms with Crippen LogP contribution in [0.25, 0.3) is 0 Å². The molecule has 88 valence electrons. The van der Waals surface area contributed by atoms with Gasteiger partial charge in [0.1, 0.15) is 5.69 Å². The third kappa shape index (κ3) is 2.11. The fourth-order valence-electron chi connectivity index (χ4n) is 1.36. The van der Waals surface area contributed by atoms with Gasteiger partial charge >= 0.3 is 0 Å². The van der Waals surface area contributed by atoms with E-state index in [2.05, 4.69) is 10.3 Å². The Hall–Kier alpha value is -1.59.